The maximum Gasteiger partial charge on any atom is 0.221 e. The molecule has 2 fully saturated rings. The third-order valence-corrected chi connectivity index (χ3v) is 4.56. The number of carbonyl (C=O) groups excluding carboxylic acids is 1. The van der Waals surface area contributed by atoms with Crippen molar-refractivity contribution in [3.05, 3.63) is 0 Å². The number of carbonyl (C=O) groups is 1. The molecule has 0 aromatic heterocycles. The predicted octanol–water partition coefficient (Wildman–Crippen LogP) is 2.60. The molecule has 104 valence electrons. The molecule has 2 N–H and O–H groups in total. The number of nitrogens with one attached hydrogen (secondary N) is 2. The van der Waals surface area contributed by atoms with Gasteiger partial charge in [-0.2, -0.15) is 0 Å². The number of amides is 1. The number of hydrogen-bond acceptors (Lipinski definition) is 2. The van der Waals surface area contributed by atoms with E-state index in [1.54, 1.807) is 0 Å². The molecule has 2 atom stereocenters. The number of hydrogen-bond donors (Lipinski definition) is 2. The summed E-state index contributed by atoms with van der Waals surface area (Å²) < 4.78 is 0. The summed E-state index contributed by atoms with van der Waals surface area (Å²) in [7, 11) is 0. The Labute approximate surface area is 111 Å². The van der Waals surface area contributed by atoms with E-state index in [1.165, 1.54) is 51.4 Å². The van der Waals surface area contributed by atoms with Crippen molar-refractivity contribution in [2.24, 2.45) is 5.92 Å². The molecule has 1 saturated heterocycles. The molecule has 0 aromatic rings. The van der Waals surface area contributed by atoms with Gasteiger partial charge in [0.05, 0.1) is 0 Å². The molecular formula is C15H28N2O. The predicted molar refractivity (Wildman–Crippen MR) is 74.4 cm³/mol. The third-order valence-electron chi connectivity index (χ3n) is 4.56. The van der Waals surface area contributed by atoms with E-state index < -0.39 is 0 Å². The van der Waals surface area contributed by atoms with Gasteiger partial charge in [-0.25, -0.2) is 0 Å². The summed E-state index contributed by atoms with van der Waals surface area (Å²) >= 11 is 0. The third kappa shape index (κ3) is 4.27. The lowest BCUT2D eigenvalue weighted by Gasteiger charge is -2.30. The Morgan fingerprint density at radius 2 is 1.83 bits per heavy atom. The first kappa shape index (κ1) is 13.9. The quantitative estimate of drug-likeness (QED) is 0.758. The molecule has 1 saturated carbocycles. The second-order valence-corrected chi connectivity index (χ2v) is 6.14. The van der Waals surface area contributed by atoms with Crippen LogP contribution < -0.4 is 10.6 Å². The Hall–Kier alpha value is -0.570. The van der Waals surface area contributed by atoms with Gasteiger partial charge in [0.1, 0.15) is 0 Å². The van der Waals surface area contributed by atoms with E-state index in [9.17, 15) is 4.79 Å². The van der Waals surface area contributed by atoms with Gasteiger partial charge in [-0.05, 0) is 38.1 Å². The van der Waals surface area contributed by atoms with Gasteiger partial charge < -0.3 is 10.6 Å². The largest absolute Gasteiger partial charge is 0.353 e. The number of rotatable bonds is 3. The molecule has 0 bridgehead atoms. The SMILES string of the molecule is CC1CCCNC1CC(=O)NC1CCCCCC1. The van der Waals surface area contributed by atoms with Gasteiger partial charge in [-0.3, -0.25) is 4.79 Å². The van der Waals surface area contributed by atoms with Gasteiger partial charge >= 0.3 is 0 Å². The Balaban J connectivity index is 1.73. The second kappa shape index (κ2) is 7.13. The van der Waals surface area contributed by atoms with Crippen LogP contribution in [0.1, 0.15) is 64.7 Å². The summed E-state index contributed by atoms with van der Waals surface area (Å²) in [6.07, 6.45) is 10.8. The van der Waals surface area contributed by atoms with Gasteiger partial charge in [0.15, 0.2) is 0 Å². The fraction of sp³-hybridized carbons (Fsp3) is 0.933. The van der Waals surface area contributed by atoms with E-state index in [2.05, 4.69) is 17.6 Å². The average molecular weight is 252 g/mol. The number of piperidine rings is 1. The highest BCUT2D eigenvalue weighted by molar-refractivity contribution is 5.77. The minimum atomic E-state index is 0.258. The van der Waals surface area contributed by atoms with E-state index in [0.29, 0.717) is 24.4 Å². The molecule has 3 nitrogen and oxygen atoms in total. The monoisotopic (exact) mass is 252 g/mol. The second-order valence-electron chi connectivity index (χ2n) is 6.14. The van der Waals surface area contributed by atoms with Crippen molar-refractivity contribution in [1.82, 2.24) is 10.6 Å². The Morgan fingerprint density at radius 1 is 1.11 bits per heavy atom. The van der Waals surface area contributed by atoms with Crippen LogP contribution in [0.4, 0.5) is 0 Å². The summed E-state index contributed by atoms with van der Waals surface area (Å²) in [5, 5.41) is 6.74. The average Bonchev–Trinajstić information content (AvgIpc) is 2.61. The topological polar surface area (TPSA) is 41.1 Å². The van der Waals surface area contributed by atoms with Crippen LogP contribution in [0.2, 0.25) is 0 Å². The Kier molecular flexibility index (Phi) is 5.48. The zero-order chi connectivity index (χ0) is 12.8. The minimum absolute atomic E-state index is 0.258. The van der Waals surface area contributed by atoms with Gasteiger partial charge in [-0.1, -0.05) is 32.6 Å². The summed E-state index contributed by atoms with van der Waals surface area (Å²) in [4.78, 5) is 12.1. The van der Waals surface area contributed by atoms with E-state index in [1.807, 2.05) is 0 Å². The molecule has 0 spiro atoms. The van der Waals surface area contributed by atoms with Crippen LogP contribution in [0, 0.1) is 5.92 Å². The molecule has 1 aliphatic carbocycles. The van der Waals surface area contributed by atoms with Crippen LogP contribution in [0.25, 0.3) is 0 Å². The van der Waals surface area contributed by atoms with Crippen molar-refractivity contribution in [3.63, 3.8) is 0 Å². The zero-order valence-corrected chi connectivity index (χ0v) is 11.7. The fourth-order valence-corrected chi connectivity index (χ4v) is 3.30. The molecular weight excluding hydrogens is 224 g/mol. The molecule has 1 amide bonds. The highest BCUT2D eigenvalue weighted by Crippen LogP contribution is 2.20. The molecule has 2 unspecified atom stereocenters. The van der Waals surface area contributed by atoms with E-state index in [-0.39, 0.29) is 5.91 Å². The summed E-state index contributed by atoms with van der Waals surface area (Å²) in [5.74, 6) is 0.895. The zero-order valence-electron chi connectivity index (χ0n) is 11.7. The Bertz CT molecular complexity index is 259. The highest BCUT2D eigenvalue weighted by Gasteiger charge is 2.24. The Morgan fingerprint density at radius 3 is 2.50 bits per heavy atom. The van der Waals surface area contributed by atoms with Crippen LogP contribution in [0.3, 0.4) is 0 Å². The lowest BCUT2D eigenvalue weighted by molar-refractivity contribution is -0.122. The van der Waals surface area contributed by atoms with Crippen LogP contribution in [0.5, 0.6) is 0 Å². The summed E-state index contributed by atoms with van der Waals surface area (Å²) in [6, 6.07) is 0.837. The van der Waals surface area contributed by atoms with Gasteiger partial charge in [0.2, 0.25) is 5.91 Å². The van der Waals surface area contributed by atoms with Crippen molar-refractivity contribution in [2.45, 2.75) is 76.8 Å². The standard InChI is InChI=1S/C15H28N2O/c1-12-7-6-10-16-14(12)11-15(18)17-13-8-4-2-3-5-9-13/h12-14,16H,2-11H2,1H3,(H,17,18). The molecule has 18 heavy (non-hydrogen) atoms. The smallest absolute Gasteiger partial charge is 0.221 e. The maximum atomic E-state index is 12.1. The van der Waals surface area contributed by atoms with Crippen LogP contribution in [-0.2, 0) is 4.79 Å². The van der Waals surface area contributed by atoms with Crippen molar-refractivity contribution in [1.29, 1.82) is 0 Å². The minimum Gasteiger partial charge on any atom is -0.353 e. The van der Waals surface area contributed by atoms with E-state index in [0.717, 1.165) is 6.54 Å². The maximum absolute atomic E-state index is 12.1. The van der Waals surface area contributed by atoms with Crippen molar-refractivity contribution >= 4 is 5.91 Å². The highest BCUT2D eigenvalue weighted by atomic mass is 16.1. The van der Waals surface area contributed by atoms with E-state index >= 15 is 0 Å². The van der Waals surface area contributed by atoms with Crippen molar-refractivity contribution in [2.75, 3.05) is 6.54 Å². The van der Waals surface area contributed by atoms with Crippen LogP contribution in [-0.4, -0.2) is 24.5 Å². The first-order chi connectivity index (χ1) is 8.75. The first-order valence-electron chi connectivity index (χ1n) is 7.78. The van der Waals surface area contributed by atoms with Crippen LogP contribution in [0.15, 0.2) is 0 Å². The van der Waals surface area contributed by atoms with Gasteiger partial charge in [0, 0.05) is 18.5 Å². The van der Waals surface area contributed by atoms with Crippen LogP contribution >= 0.6 is 0 Å². The van der Waals surface area contributed by atoms with E-state index in [4.69, 9.17) is 0 Å². The van der Waals surface area contributed by atoms with Crippen molar-refractivity contribution in [3.8, 4) is 0 Å². The first-order valence-corrected chi connectivity index (χ1v) is 7.78. The molecule has 2 aliphatic rings. The van der Waals surface area contributed by atoms with Gasteiger partial charge in [0.25, 0.3) is 0 Å². The molecule has 0 aromatic carbocycles. The molecule has 0 radical (unpaired) electrons. The van der Waals surface area contributed by atoms with Gasteiger partial charge in [-0.15, -0.1) is 0 Å². The van der Waals surface area contributed by atoms with Crippen molar-refractivity contribution < 1.29 is 4.79 Å². The lowest BCUT2D eigenvalue weighted by atomic mass is 9.90. The summed E-state index contributed by atoms with van der Waals surface area (Å²) in [5.41, 5.74) is 0. The molecule has 2 rings (SSSR count). The normalized spacial score (nSPS) is 30.7. The molecule has 1 heterocycles. The molecule has 3 heteroatoms. The summed E-state index contributed by atoms with van der Waals surface area (Å²) in [6.45, 7) is 3.33. The molecule has 1 aliphatic heterocycles. The fourth-order valence-electron chi connectivity index (χ4n) is 3.30. The lowest BCUT2D eigenvalue weighted by Crippen LogP contribution is -2.45.